The van der Waals surface area contributed by atoms with Crippen LogP contribution in [0.2, 0.25) is 4.44 Å². The summed E-state index contributed by atoms with van der Waals surface area (Å²) in [6.45, 7) is 4.55. The molecule has 0 spiro atoms. The number of hydrogen-bond acceptors (Lipinski definition) is 2. The second kappa shape index (κ2) is 7.38. The summed E-state index contributed by atoms with van der Waals surface area (Å²) in [5.41, 5.74) is 0. The number of carbonyl (C=O) groups excluding carboxylic acids is 1. The van der Waals surface area contributed by atoms with E-state index in [-0.39, 0.29) is 3.99 Å². The molecule has 0 aromatic heterocycles. The molecule has 0 radical (unpaired) electrons. The second-order valence-electron chi connectivity index (χ2n) is 2.00. The van der Waals surface area contributed by atoms with Gasteiger partial charge in [0, 0.05) is 0 Å². The molecule has 0 rings (SSSR count). The van der Waals surface area contributed by atoms with Gasteiger partial charge in [-0.3, -0.25) is 0 Å². The van der Waals surface area contributed by atoms with Gasteiger partial charge in [-0.2, -0.15) is 0 Å². The van der Waals surface area contributed by atoms with Gasteiger partial charge in [-0.25, -0.2) is 0 Å². The zero-order valence-electron chi connectivity index (χ0n) is 6.64. The standard InChI is InChI=1S/C4H9.C3H5O2.Sn/c1-3-4-2;1-2-5-3-4;/h1,3-4H2,2H3;2H2,1H3;/q;;+2. The summed E-state index contributed by atoms with van der Waals surface area (Å²) in [5, 5.41) is 0. The van der Waals surface area contributed by atoms with Crippen molar-refractivity contribution in [2.24, 2.45) is 0 Å². The zero-order valence-corrected chi connectivity index (χ0v) is 9.50. The quantitative estimate of drug-likeness (QED) is 0.550. The Morgan fingerprint density at radius 2 is 2.20 bits per heavy atom. The molecular weight excluding hydrogens is 235 g/mol. The molecular formula is C7H14O2Sn+2. The minimum absolute atomic E-state index is 0.111. The van der Waals surface area contributed by atoms with Crippen LogP contribution in [0.4, 0.5) is 4.79 Å². The Labute approximate surface area is 72.5 Å². The summed E-state index contributed by atoms with van der Waals surface area (Å²) in [6, 6.07) is 0. The van der Waals surface area contributed by atoms with Gasteiger partial charge < -0.3 is 0 Å². The molecule has 0 aliphatic heterocycles. The predicted molar refractivity (Wildman–Crippen MR) is 42.5 cm³/mol. The predicted octanol–water partition coefficient (Wildman–Crippen LogP) is 2.07. The van der Waals surface area contributed by atoms with Gasteiger partial charge in [-0.1, -0.05) is 0 Å². The van der Waals surface area contributed by atoms with Crippen LogP contribution in [0.3, 0.4) is 0 Å². The van der Waals surface area contributed by atoms with Gasteiger partial charge in [0.15, 0.2) is 0 Å². The van der Waals surface area contributed by atoms with Crippen molar-refractivity contribution < 1.29 is 9.53 Å². The molecule has 0 saturated carbocycles. The average molecular weight is 249 g/mol. The molecule has 0 aliphatic rings. The Morgan fingerprint density at radius 1 is 1.50 bits per heavy atom. The van der Waals surface area contributed by atoms with E-state index in [9.17, 15) is 4.79 Å². The first-order valence-corrected chi connectivity index (χ1v) is 7.16. The molecule has 56 valence electrons. The Kier molecular flexibility index (Phi) is 7.57. The third kappa shape index (κ3) is 6.39. The molecule has 0 amide bonds. The van der Waals surface area contributed by atoms with E-state index >= 15 is 0 Å². The van der Waals surface area contributed by atoms with E-state index in [1.165, 1.54) is 12.8 Å². The Hall–Kier alpha value is 0.269. The fourth-order valence-corrected chi connectivity index (χ4v) is 3.35. The van der Waals surface area contributed by atoms with Crippen LogP contribution in [0, 0.1) is 0 Å². The van der Waals surface area contributed by atoms with Gasteiger partial charge in [0.2, 0.25) is 0 Å². The van der Waals surface area contributed by atoms with Crippen LogP contribution < -0.4 is 0 Å². The first-order valence-electron chi connectivity index (χ1n) is 3.71. The van der Waals surface area contributed by atoms with Crippen molar-refractivity contribution in [2.45, 2.75) is 31.1 Å². The minimum atomic E-state index is -0.801. The molecule has 0 atom stereocenters. The molecule has 0 N–H and O–H groups in total. The van der Waals surface area contributed by atoms with Gasteiger partial charge >= 0.3 is 72.4 Å². The summed E-state index contributed by atoms with van der Waals surface area (Å²) in [7, 11) is 0. The van der Waals surface area contributed by atoms with E-state index in [4.69, 9.17) is 4.74 Å². The van der Waals surface area contributed by atoms with E-state index in [0.717, 1.165) is 4.44 Å². The number of rotatable bonds is 5. The maximum absolute atomic E-state index is 10.8. The molecule has 0 saturated heterocycles. The van der Waals surface area contributed by atoms with E-state index in [1.54, 1.807) is 0 Å². The number of ether oxygens (including phenoxy) is 1. The third-order valence-corrected chi connectivity index (χ3v) is 4.03. The molecule has 0 unspecified atom stereocenters. The first kappa shape index (κ1) is 10.3. The molecule has 2 nitrogen and oxygen atoms in total. The average Bonchev–Trinajstić information content (AvgIpc) is 1.89. The van der Waals surface area contributed by atoms with E-state index in [0.29, 0.717) is 6.61 Å². The summed E-state index contributed by atoms with van der Waals surface area (Å²) >= 11 is -0.801. The van der Waals surface area contributed by atoms with E-state index in [1.807, 2.05) is 6.92 Å². The summed E-state index contributed by atoms with van der Waals surface area (Å²) < 4.78 is 6.07. The first-order chi connectivity index (χ1) is 4.81. The van der Waals surface area contributed by atoms with Crippen molar-refractivity contribution in [1.82, 2.24) is 0 Å². The summed E-state index contributed by atoms with van der Waals surface area (Å²) in [6.07, 6.45) is 2.39. The van der Waals surface area contributed by atoms with Crippen LogP contribution in [0.15, 0.2) is 0 Å². The maximum atomic E-state index is 10.8. The monoisotopic (exact) mass is 250 g/mol. The molecule has 0 bridgehead atoms. The number of hydrogen-bond donors (Lipinski definition) is 0. The van der Waals surface area contributed by atoms with Crippen LogP contribution in [0.1, 0.15) is 26.7 Å². The molecule has 0 aliphatic carbocycles. The Bertz CT molecular complexity index is 93.6. The van der Waals surface area contributed by atoms with Crippen molar-refractivity contribution in [3.63, 3.8) is 0 Å². The summed E-state index contributed by atoms with van der Waals surface area (Å²) in [5.74, 6) is 0. The van der Waals surface area contributed by atoms with Crippen LogP contribution in [-0.2, 0) is 4.74 Å². The molecule has 0 aromatic carbocycles. The van der Waals surface area contributed by atoms with Crippen molar-refractivity contribution in [3.8, 4) is 0 Å². The Balaban J connectivity index is 3.05. The van der Waals surface area contributed by atoms with Gasteiger partial charge in [0.05, 0.1) is 0 Å². The van der Waals surface area contributed by atoms with Crippen molar-refractivity contribution >= 4 is 25.1 Å². The van der Waals surface area contributed by atoms with Gasteiger partial charge in [-0.15, -0.1) is 0 Å². The topological polar surface area (TPSA) is 26.3 Å². The van der Waals surface area contributed by atoms with Crippen LogP contribution in [-0.4, -0.2) is 31.7 Å². The normalized spacial score (nSPS) is 8.60. The fourth-order valence-electron chi connectivity index (χ4n) is 0.549. The SMILES string of the molecule is CCC[CH2][Sn+2][C](=O)OCC. The molecule has 3 heteroatoms. The van der Waals surface area contributed by atoms with Crippen LogP contribution in [0.25, 0.3) is 0 Å². The van der Waals surface area contributed by atoms with Gasteiger partial charge in [-0.05, 0) is 0 Å². The van der Waals surface area contributed by atoms with Crippen molar-refractivity contribution in [3.05, 3.63) is 0 Å². The van der Waals surface area contributed by atoms with Crippen LogP contribution in [0.5, 0.6) is 0 Å². The van der Waals surface area contributed by atoms with Gasteiger partial charge in [0.25, 0.3) is 0 Å². The zero-order chi connectivity index (χ0) is 7.82. The molecule has 0 aromatic rings. The second-order valence-corrected chi connectivity index (χ2v) is 5.60. The fraction of sp³-hybridized carbons (Fsp3) is 0.857. The number of unbranched alkanes of at least 4 members (excludes halogenated alkanes) is 1. The molecule has 10 heavy (non-hydrogen) atoms. The third-order valence-electron chi connectivity index (χ3n) is 1.08. The van der Waals surface area contributed by atoms with Crippen molar-refractivity contribution in [2.75, 3.05) is 6.61 Å². The van der Waals surface area contributed by atoms with E-state index < -0.39 is 21.1 Å². The molecule has 0 fully saturated rings. The van der Waals surface area contributed by atoms with Gasteiger partial charge in [0.1, 0.15) is 0 Å². The summed E-state index contributed by atoms with van der Waals surface area (Å²) in [4.78, 5) is 10.8. The molecule has 0 heterocycles. The van der Waals surface area contributed by atoms with Crippen molar-refractivity contribution in [1.29, 1.82) is 0 Å². The van der Waals surface area contributed by atoms with Crippen LogP contribution >= 0.6 is 0 Å². The Morgan fingerprint density at radius 3 is 2.70 bits per heavy atom. The van der Waals surface area contributed by atoms with E-state index in [2.05, 4.69) is 6.92 Å². The number of carbonyl (C=O) groups is 1.